The first-order valence-corrected chi connectivity index (χ1v) is 5.56. The Morgan fingerprint density at radius 1 is 1.31 bits per heavy atom. The van der Waals surface area contributed by atoms with Crippen molar-refractivity contribution >= 4 is 27.5 Å². The second-order valence-corrected chi connectivity index (χ2v) is 4.13. The summed E-state index contributed by atoms with van der Waals surface area (Å²) in [7, 11) is 0. The van der Waals surface area contributed by atoms with Gasteiger partial charge in [0.15, 0.2) is 5.82 Å². The van der Waals surface area contributed by atoms with E-state index in [4.69, 9.17) is 11.6 Å². The van der Waals surface area contributed by atoms with Crippen molar-refractivity contribution in [2.75, 3.05) is 0 Å². The van der Waals surface area contributed by atoms with Crippen molar-refractivity contribution in [3.05, 3.63) is 40.1 Å². The highest BCUT2D eigenvalue weighted by atomic mass is 79.9. The molecular weight excluding hydrogens is 303 g/mol. The Kier molecular flexibility index (Phi) is 3.20. The van der Waals surface area contributed by atoms with Crippen molar-refractivity contribution in [1.82, 2.24) is 15.0 Å². The summed E-state index contributed by atoms with van der Waals surface area (Å²) in [5.41, 5.74) is 0.624. The van der Waals surface area contributed by atoms with Crippen LogP contribution in [0.25, 0.3) is 5.69 Å². The van der Waals surface area contributed by atoms with Crippen LogP contribution in [-0.4, -0.2) is 15.0 Å². The molecule has 0 aliphatic rings. The van der Waals surface area contributed by atoms with Crippen molar-refractivity contribution < 1.29 is 8.78 Å². The molecular formula is C9H5BrClF2N3. The summed E-state index contributed by atoms with van der Waals surface area (Å²) in [6.45, 7) is 0. The number of hydrogen-bond donors (Lipinski definition) is 0. The molecule has 0 bridgehead atoms. The molecule has 0 amide bonds. The van der Waals surface area contributed by atoms with E-state index in [0.717, 1.165) is 6.07 Å². The highest BCUT2D eigenvalue weighted by molar-refractivity contribution is 9.10. The van der Waals surface area contributed by atoms with Crippen LogP contribution in [0.15, 0.2) is 22.8 Å². The molecule has 7 heteroatoms. The van der Waals surface area contributed by atoms with Gasteiger partial charge in [-0.3, -0.25) is 0 Å². The van der Waals surface area contributed by atoms with Gasteiger partial charge in [-0.2, -0.15) is 0 Å². The van der Waals surface area contributed by atoms with Gasteiger partial charge in [-0.1, -0.05) is 5.21 Å². The molecule has 0 atom stereocenters. The smallest absolute Gasteiger partial charge is 0.151 e. The van der Waals surface area contributed by atoms with Gasteiger partial charge in [-0.05, 0) is 22.0 Å². The molecule has 1 aromatic heterocycles. The number of nitrogens with zero attached hydrogens (tertiary/aromatic N) is 3. The predicted octanol–water partition coefficient (Wildman–Crippen LogP) is 3.05. The number of benzene rings is 1. The molecule has 3 nitrogen and oxygen atoms in total. The SMILES string of the molecule is Fc1cc(F)c(-n2cc(CCl)nn2)cc1Br. The molecule has 0 radical (unpaired) electrons. The molecule has 0 saturated heterocycles. The Balaban J connectivity index is 2.51. The Morgan fingerprint density at radius 3 is 2.69 bits per heavy atom. The molecule has 0 saturated carbocycles. The first-order valence-electron chi connectivity index (χ1n) is 4.24. The number of aromatic nitrogens is 3. The molecule has 0 aliphatic heterocycles. The normalized spacial score (nSPS) is 10.8. The van der Waals surface area contributed by atoms with Gasteiger partial charge in [-0.25, -0.2) is 13.5 Å². The quantitative estimate of drug-likeness (QED) is 0.630. The molecule has 2 rings (SSSR count). The molecule has 1 aromatic carbocycles. The van der Waals surface area contributed by atoms with Crippen LogP contribution >= 0.6 is 27.5 Å². The van der Waals surface area contributed by atoms with E-state index in [0.29, 0.717) is 5.69 Å². The van der Waals surface area contributed by atoms with Crippen LogP contribution in [0.3, 0.4) is 0 Å². The first-order chi connectivity index (χ1) is 7.61. The molecule has 84 valence electrons. The fourth-order valence-electron chi connectivity index (χ4n) is 1.17. The van der Waals surface area contributed by atoms with E-state index in [9.17, 15) is 8.78 Å². The third-order valence-electron chi connectivity index (χ3n) is 1.91. The van der Waals surface area contributed by atoms with Crippen LogP contribution < -0.4 is 0 Å². The molecule has 0 N–H and O–H groups in total. The van der Waals surface area contributed by atoms with Crippen molar-refractivity contribution in [1.29, 1.82) is 0 Å². The summed E-state index contributed by atoms with van der Waals surface area (Å²) in [4.78, 5) is 0. The van der Waals surface area contributed by atoms with Crippen molar-refractivity contribution in [2.45, 2.75) is 5.88 Å². The lowest BCUT2D eigenvalue weighted by Gasteiger charge is -2.03. The zero-order chi connectivity index (χ0) is 11.7. The minimum atomic E-state index is -0.716. The fourth-order valence-corrected chi connectivity index (χ4v) is 1.62. The summed E-state index contributed by atoms with van der Waals surface area (Å²) in [6, 6.07) is 2.07. The Hall–Kier alpha value is -1.01. The van der Waals surface area contributed by atoms with Gasteiger partial charge in [0.1, 0.15) is 11.5 Å². The Labute approximate surface area is 103 Å². The summed E-state index contributed by atoms with van der Waals surface area (Å²) in [6.07, 6.45) is 1.48. The average molecular weight is 309 g/mol. The maximum absolute atomic E-state index is 13.4. The molecule has 16 heavy (non-hydrogen) atoms. The third kappa shape index (κ3) is 2.08. The monoisotopic (exact) mass is 307 g/mol. The second kappa shape index (κ2) is 4.47. The van der Waals surface area contributed by atoms with Crippen LogP contribution in [0.5, 0.6) is 0 Å². The molecule has 2 aromatic rings. The molecule has 0 fully saturated rings. The minimum absolute atomic E-state index is 0.108. The lowest BCUT2D eigenvalue weighted by atomic mass is 10.3. The van der Waals surface area contributed by atoms with E-state index in [1.165, 1.54) is 16.9 Å². The van der Waals surface area contributed by atoms with Gasteiger partial charge >= 0.3 is 0 Å². The van der Waals surface area contributed by atoms with E-state index < -0.39 is 11.6 Å². The maximum atomic E-state index is 13.4. The van der Waals surface area contributed by atoms with Gasteiger partial charge in [0.25, 0.3) is 0 Å². The Bertz CT molecular complexity index is 529. The second-order valence-electron chi connectivity index (χ2n) is 3.01. The van der Waals surface area contributed by atoms with Crippen LogP contribution in [0.1, 0.15) is 5.69 Å². The van der Waals surface area contributed by atoms with Crippen molar-refractivity contribution in [3.63, 3.8) is 0 Å². The summed E-state index contributed by atoms with van der Waals surface area (Å²) < 4.78 is 27.8. The molecule has 0 spiro atoms. The fraction of sp³-hybridized carbons (Fsp3) is 0.111. The number of rotatable bonds is 2. The van der Waals surface area contributed by atoms with Crippen LogP contribution in [0, 0.1) is 11.6 Å². The summed E-state index contributed by atoms with van der Waals surface area (Å²) in [5.74, 6) is -1.20. The number of hydrogen-bond acceptors (Lipinski definition) is 2. The first kappa shape index (κ1) is 11.5. The molecule has 0 unspecified atom stereocenters. The average Bonchev–Trinajstić information content (AvgIpc) is 2.71. The minimum Gasteiger partial charge on any atom is -0.217 e. The summed E-state index contributed by atoms with van der Waals surface area (Å²) >= 11 is 8.52. The van der Waals surface area contributed by atoms with Gasteiger partial charge in [-0.15, -0.1) is 16.7 Å². The highest BCUT2D eigenvalue weighted by Crippen LogP contribution is 2.22. The van der Waals surface area contributed by atoms with Crippen LogP contribution in [0.4, 0.5) is 8.78 Å². The van der Waals surface area contributed by atoms with Crippen molar-refractivity contribution in [2.24, 2.45) is 0 Å². The lowest BCUT2D eigenvalue weighted by molar-refractivity contribution is 0.568. The van der Waals surface area contributed by atoms with Gasteiger partial charge in [0, 0.05) is 6.07 Å². The largest absolute Gasteiger partial charge is 0.217 e. The van der Waals surface area contributed by atoms with Crippen molar-refractivity contribution in [3.8, 4) is 5.69 Å². The number of halogens is 4. The van der Waals surface area contributed by atoms with E-state index in [1.807, 2.05) is 0 Å². The van der Waals surface area contributed by atoms with Crippen LogP contribution in [-0.2, 0) is 5.88 Å². The maximum Gasteiger partial charge on any atom is 0.151 e. The van der Waals surface area contributed by atoms with E-state index >= 15 is 0 Å². The molecule has 0 aliphatic carbocycles. The number of alkyl halides is 1. The van der Waals surface area contributed by atoms with E-state index in [1.54, 1.807) is 0 Å². The van der Waals surface area contributed by atoms with Gasteiger partial charge < -0.3 is 0 Å². The highest BCUT2D eigenvalue weighted by Gasteiger charge is 2.11. The lowest BCUT2D eigenvalue weighted by Crippen LogP contribution is -1.99. The third-order valence-corrected chi connectivity index (χ3v) is 2.80. The zero-order valence-electron chi connectivity index (χ0n) is 7.79. The van der Waals surface area contributed by atoms with E-state index in [2.05, 4.69) is 26.2 Å². The topological polar surface area (TPSA) is 30.7 Å². The van der Waals surface area contributed by atoms with Gasteiger partial charge in [0.2, 0.25) is 0 Å². The van der Waals surface area contributed by atoms with Crippen LogP contribution in [0.2, 0.25) is 0 Å². The van der Waals surface area contributed by atoms with E-state index in [-0.39, 0.29) is 16.0 Å². The summed E-state index contributed by atoms with van der Waals surface area (Å²) in [5, 5.41) is 7.40. The Morgan fingerprint density at radius 2 is 2.06 bits per heavy atom. The van der Waals surface area contributed by atoms with Gasteiger partial charge in [0.05, 0.1) is 22.2 Å². The predicted molar refractivity (Wildman–Crippen MR) is 58.5 cm³/mol. The molecule has 1 heterocycles. The standard InChI is InChI=1S/C9H5BrClF2N3/c10-6-1-9(8(13)2-7(6)12)16-4-5(3-11)14-15-16/h1-2,4H,3H2. The zero-order valence-corrected chi connectivity index (χ0v) is 10.1.